The molecule has 0 bridgehead atoms. The normalized spacial score (nSPS) is 25.2. The van der Waals surface area contributed by atoms with Crippen LogP contribution in [0.5, 0.6) is 0 Å². The van der Waals surface area contributed by atoms with Gasteiger partial charge in [0, 0.05) is 23.7 Å². The molecule has 0 N–H and O–H groups in total. The highest BCUT2D eigenvalue weighted by molar-refractivity contribution is 6.00. The molecule has 0 unspecified atom stereocenters. The molecular formula is C17H17NO. The average molecular weight is 251 g/mol. The Morgan fingerprint density at radius 3 is 2.63 bits per heavy atom. The number of carbonyl (C=O) groups is 1. The summed E-state index contributed by atoms with van der Waals surface area (Å²) in [5.41, 5.74) is 3.30. The van der Waals surface area contributed by atoms with Gasteiger partial charge in [0.25, 0.3) is 0 Å². The Morgan fingerprint density at radius 1 is 1.00 bits per heavy atom. The van der Waals surface area contributed by atoms with E-state index < -0.39 is 0 Å². The molecule has 2 aromatic rings. The van der Waals surface area contributed by atoms with Crippen LogP contribution in [-0.4, -0.2) is 10.4 Å². The summed E-state index contributed by atoms with van der Waals surface area (Å²) in [6.45, 7) is 0. The molecule has 4 rings (SSSR count). The van der Waals surface area contributed by atoms with Gasteiger partial charge in [0.05, 0.1) is 5.69 Å². The summed E-state index contributed by atoms with van der Waals surface area (Å²) in [6, 6.07) is 12.8. The first kappa shape index (κ1) is 11.0. The minimum absolute atomic E-state index is 0.258. The van der Waals surface area contributed by atoms with E-state index in [2.05, 4.69) is 29.0 Å². The van der Waals surface area contributed by atoms with E-state index in [-0.39, 0.29) is 5.92 Å². The van der Waals surface area contributed by atoms with E-state index in [1.165, 1.54) is 24.0 Å². The number of benzene rings is 1. The van der Waals surface area contributed by atoms with Crippen LogP contribution in [0, 0.1) is 5.92 Å². The number of hydrogen-bond acceptors (Lipinski definition) is 1. The van der Waals surface area contributed by atoms with Gasteiger partial charge < -0.3 is 4.57 Å². The number of nitrogens with zero attached hydrogens (tertiary/aromatic N) is 1. The summed E-state index contributed by atoms with van der Waals surface area (Å²) in [4.78, 5) is 12.5. The molecule has 2 aliphatic rings. The summed E-state index contributed by atoms with van der Waals surface area (Å²) in [5, 5.41) is 0. The molecule has 19 heavy (non-hydrogen) atoms. The molecule has 1 aliphatic carbocycles. The lowest BCUT2D eigenvalue weighted by atomic mass is 9.83. The van der Waals surface area contributed by atoms with Crippen molar-refractivity contribution in [3.8, 4) is 11.1 Å². The Morgan fingerprint density at radius 2 is 1.79 bits per heavy atom. The van der Waals surface area contributed by atoms with Crippen molar-refractivity contribution in [1.82, 2.24) is 4.57 Å². The van der Waals surface area contributed by atoms with Gasteiger partial charge in [-0.3, -0.25) is 4.79 Å². The molecular weight excluding hydrogens is 234 g/mol. The van der Waals surface area contributed by atoms with Crippen molar-refractivity contribution in [3.05, 3.63) is 48.3 Å². The molecule has 0 amide bonds. The fourth-order valence-corrected chi connectivity index (χ4v) is 3.68. The monoisotopic (exact) mass is 251 g/mol. The van der Waals surface area contributed by atoms with Gasteiger partial charge in [-0.25, -0.2) is 0 Å². The number of rotatable bonds is 1. The zero-order valence-electron chi connectivity index (χ0n) is 10.9. The first-order chi connectivity index (χ1) is 9.34. The summed E-state index contributed by atoms with van der Waals surface area (Å²) >= 11 is 0. The lowest BCUT2D eigenvalue weighted by Crippen LogP contribution is -2.19. The first-order valence-corrected chi connectivity index (χ1v) is 7.16. The maximum absolute atomic E-state index is 12.5. The van der Waals surface area contributed by atoms with Crippen molar-refractivity contribution in [2.75, 3.05) is 0 Å². The van der Waals surface area contributed by atoms with Crippen molar-refractivity contribution in [3.63, 3.8) is 0 Å². The summed E-state index contributed by atoms with van der Waals surface area (Å²) in [7, 11) is 0. The minimum Gasteiger partial charge on any atom is -0.341 e. The smallest absolute Gasteiger partial charge is 0.184 e. The molecule has 2 atom stereocenters. The second kappa shape index (κ2) is 4.09. The van der Waals surface area contributed by atoms with Gasteiger partial charge >= 0.3 is 0 Å². The van der Waals surface area contributed by atoms with E-state index in [9.17, 15) is 4.79 Å². The molecule has 1 aromatic heterocycles. The summed E-state index contributed by atoms with van der Waals surface area (Å²) in [6.07, 6.45) is 6.88. The molecule has 1 aromatic carbocycles. The number of hydrogen-bond donors (Lipinski definition) is 0. The third kappa shape index (κ3) is 1.59. The van der Waals surface area contributed by atoms with E-state index in [4.69, 9.17) is 0 Å². The predicted octanol–water partition coefficient (Wildman–Crippen LogP) is 4.08. The second-order valence-corrected chi connectivity index (χ2v) is 5.71. The minimum atomic E-state index is 0.258. The van der Waals surface area contributed by atoms with E-state index >= 15 is 0 Å². The Balaban J connectivity index is 1.78. The van der Waals surface area contributed by atoms with Gasteiger partial charge in [-0.15, -0.1) is 0 Å². The third-order valence-electron chi connectivity index (χ3n) is 4.63. The Kier molecular flexibility index (Phi) is 2.37. The maximum Gasteiger partial charge on any atom is 0.184 e. The van der Waals surface area contributed by atoms with E-state index in [1.807, 2.05) is 18.2 Å². The quantitative estimate of drug-likeness (QED) is 0.748. The van der Waals surface area contributed by atoms with E-state index in [0.717, 1.165) is 18.5 Å². The average Bonchev–Trinajstić information content (AvgIpc) is 3.01. The molecule has 0 spiro atoms. The van der Waals surface area contributed by atoms with Crippen molar-refractivity contribution >= 4 is 5.78 Å². The van der Waals surface area contributed by atoms with E-state index in [0.29, 0.717) is 11.8 Å². The van der Waals surface area contributed by atoms with Crippen LogP contribution in [0.15, 0.2) is 42.6 Å². The fourth-order valence-electron chi connectivity index (χ4n) is 3.68. The topological polar surface area (TPSA) is 22.0 Å². The first-order valence-electron chi connectivity index (χ1n) is 7.16. The summed E-state index contributed by atoms with van der Waals surface area (Å²) in [5.74, 6) is 0.625. The number of aromatic nitrogens is 1. The van der Waals surface area contributed by atoms with Crippen LogP contribution >= 0.6 is 0 Å². The van der Waals surface area contributed by atoms with Crippen LogP contribution in [0.1, 0.15) is 42.2 Å². The van der Waals surface area contributed by atoms with Crippen molar-refractivity contribution < 1.29 is 4.79 Å². The zero-order valence-corrected chi connectivity index (χ0v) is 10.9. The van der Waals surface area contributed by atoms with Gasteiger partial charge in [-0.1, -0.05) is 43.2 Å². The highest BCUT2D eigenvalue weighted by atomic mass is 16.1. The molecule has 0 radical (unpaired) electrons. The lowest BCUT2D eigenvalue weighted by Gasteiger charge is -2.25. The van der Waals surface area contributed by atoms with Crippen LogP contribution in [0.2, 0.25) is 0 Å². The van der Waals surface area contributed by atoms with Gasteiger partial charge in [0.15, 0.2) is 5.78 Å². The van der Waals surface area contributed by atoms with Crippen LogP contribution < -0.4 is 0 Å². The Hall–Kier alpha value is -1.83. The van der Waals surface area contributed by atoms with Gasteiger partial charge in [-0.2, -0.15) is 0 Å². The van der Waals surface area contributed by atoms with Crippen LogP contribution in [0.3, 0.4) is 0 Å². The highest BCUT2D eigenvalue weighted by Crippen LogP contribution is 2.43. The predicted molar refractivity (Wildman–Crippen MR) is 75.2 cm³/mol. The van der Waals surface area contributed by atoms with Crippen LogP contribution in [-0.2, 0) is 0 Å². The third-order valence-corrected chi connectivity index (χ3v) is 4.63. The Labute approximate surface area is 113 Å². The lowest BCUT2D eigenvalue weighted by molar-refractivity contribution is 0.0891. The molecule has 2 heteroatoms. The molecule has 1 fully saturated rings. The van der Waals surface area contributed by atoms with Crippen molar-refractivity contribution in [1.29, 1.82) is 0 Å². The fraction of sp³-hybridized carbons (Fsp3) is 0.353. The molecule has 2 nitrogen and oxygen atoms in total. The highest BCUT2D eigenvalue weighted by Gasteiger charge is 2.40. The second-order valence-electron chi connectivity index (χ2n) is 5.71. The number of fused-ring (bicyclic) bond motifs is 3. The Bertz CT molecular complexity index is 626. The SMILES string of the molecule is O=C1c2cc(-c3ccccc3)cn2[C@H]2CCCC[C@@H]12. The maximum atomic E-state index is 12.5. The standard InChI is InChI=1S/C17H17NO/c19-17-14-8-4-5-9-15(14)18-11-13(10-16(17)18)12-6-2-1-3-7-12/h1-3,6-7,10-11,14-15H,4-5,8-9H2/t14-,15+/m1/s1. The van der Waals surface area contributed by atoms with Crippen LogP contribution in [0.4, 0.5) is 0 Å². The largest absolute Gasteiger partial charge is 0.341 e. The van der Waals surface area contributed by atoms with Gasteiger partial charge in [0.1, 0.15) is 0 Å². The zero-order chi connectivity index (χ0) is 12.8. The van der Waals surface area contributed by atoms with Crippen LogP contribution in [0.25, 0.3) is 11.1 Å². The van der Waals surface area contributed by atoms with E-state index in [1.54, 1.807) is 0 Å². The molecule has 1 aliphatic heterocycles. The van der Waals surface area contributed by atoms with Gasteiger partial charge in [0.2, 0.25) is 0 Å². The molecule has 2 heterocycles. The number of Topliss-reactive ketones (excluding diaryl/α,β-unsaturated/α-hetero) is 1. The number of ketones is 1. The number of carbonyl (C=O) groups excluding carboxylic acids is 1. The van der Waals surface area contributed by atoms with Gasteiger partial charge in [-0.05, 0) is 24.5 Å². The molecule has 0 saturated heterocycles. The van der Waals surface area contributed by atoms with Crippen molar-refractivity contribution in [2.45, 2.75) is 31.7 Å². The molecule has 1 saturated carbocycles. The molecule has 96 valence electrons. The van der Waals surface area contributed by atoms with Crippen molar-refractivity contribution in [2.24, 2.45) is 5.92 Å². The summed E-state index contributed by atoms with van der Waals surface area (Å²) < 4.78 is 2.24.